The Bertz CT molecular complexity index is 1440. The van der Waals surface area contributed by atoms with Gasteiger partial charge in [0.2, 0.25) is 17.6 Å². The first-order valence-electron chi connectivity index (χ1n) is 10.9. The van der Waals surface area contributed by atoms with Gasteiger partial charge in [-0.2, -0.15) is 4.57 Å². The summed E-state index contributed by atoms with van der Waals surface area (Å²) in [5.41, 5.74) is 3.71. The van der Waals surface area contributed by atoms with E-state index in [0.29, 0.717) is 21.9 Å². The number of halogens is 1. The number of hydrogen-bond acceptors (Lipinski definition) is 1. The van der Waals surface area contributed by atoms with Crippen LogP contribution >= 0.6 is 0 Å². The van der Waals surface area contributed by atoms with E-state index >= 15 is 0 Å². The molecule has 0 fully saturated rings. The summed E-state index contributed by atoms with van der Waals surface area (Å²) in [5, 5.41) is 1.05. The fourth-order valence-corrected chi connectivity index (χ4v) is 3.87. The van der Waals surface area contributed by atoms with Crippen molar-refractivity contribution >= 4 is 27.6 Å². The highest BCUT2D eigenvalue weighted by atomic mass is 19.1. The van der Waals surface area contributed by atoms with Crippen LogP contribution in [0.25, 0.3) is 38.0 Å². The summed E-state index contributed by atoms with van der Waals surface area (Å²) in [7, 11) is 1.77. The van der Waals surface area contributed by atoms with Crippen molar-refractivity contribution in [1.29, 1.82) is 0 Å². The highest BCUT2D eigenvalue weighted by molar-refractivity contribution is 6.14. The molecule has 0 amide bonds. The van der Waals surface area contributed by atoms with Gasteiger partial charge in [-0.15, -0.1) is 0 Å². The van der Waals surface area contributed by atoms with Gasteiger partial charge >= 0.3 is 0 Å². The summed E-state index contributed by atoms with van der Waals surface area (Å²) < 4.78 is 46.6. The average Bonchev–Trinajstić information content (AvgIpc) is 3.05. The third kappa shape index (κ3) is 2.89. The zero-order valence-corrected chi connectivity index (χ0v) is 17.1. The second kappa shape index (κ2) is 6.42. The molecule has 0 saturated carbocycles. The van der Waals surface area contributed by atoms with Crippen molar-refractivity contribution in [2.75, 3.05) is 0 Å². The average molecular weight is 390 g/mol. The maximum absolute atomic E-state index is 14.8. The molecule has 3 nitrogen and oxygen atoms in total. The molecule has 0 N–H and O–H groups in total. The van der Waals surface area contributed by atoms with Gasteiger partial charge in [0.25, 0.3) is 0 Å². The molecule has 0 unspecified atom stereocenters. The summed E-state index contributed by atoms with van der Waals surface area (Å²) in [6.45, 7) is 12.9. The Morgan fingerprint density at radius 3 is 2.52 bits per heavy atom. The van der Waals surface area contributed by atoms with Crippen LogP contribution in [-0.4, -0.2) is 0 Å². The number of aryl methyl sites for hydroxylation is 3. The first-order valence-corrected chi connectivity index (χ1v) is 9.41. The number of benzene rings is 2. The van der Waals surface area contributed by atoms with Crippen LogP contribution in [0.15, 0.2) is 40.9 Å². The van der Waals surface area contributed by atoms with Crippen molar-refractivity contribution in [3.63, 3.8) is 0 Å². The van der Waals surface area contributed by atoms with Gasteiger partial charge in [-0.25, -0.2) is 9.24 Å². The van der Waals surface area contributed by atoms with Crippen LogP contribution in [0.1, 0.15) is 41.6 Å². The summed E-state index contributed by atoms with van der Waals surface area (Å²) >= 11 is 0. The summed E-state index contributed by atoms with van der Waals surface area (Å²) in [5.74, 6) is -0.293. The Labute approximate surface area is 174 Å². The van der Waals surface area contributed by atoms with Gasteiger partial charge in [0.05, 0.1) is 12.1 Å². The molecule has 29 heavy (non-hydrogen) atoms. The minimum atomic E-state index is -2.36. The molecule has 146 valence electrons. The Kier molecular flexibility index (Phi) is 3.48. The van der Waals surface area contributed by atoms with Crippen molar-refractivity contribution in [2.45, 2.75) is 40.0 Å². The number of pyridine rings is 1. The van der Waals surface area contributed by atoms with E-state index in [4.69, 9.17) is 15.1 Å². The Morgan fingerprint density at radius 2 is 1.86 bits per heavy atom. The quantitative estimate of drug-likeness (QED) is 0.262. The minimum Gasteiger partial charge on any atom is -0.466 e. The molecule has 0 aliphatic rings. The molecule has 2 aromatic carbocycles. The zero-order chi connectivity index (χ0) is 23.6. The molecule has 2 aromatic heterocycles. The van der Waals surface area contributed by atoms with E-state index < -0.39 is 12.3 Å². The normalized spacial score (nSPS) is 13.9. The molecule has 4 heteroatoms. The molecule has 4 rings (SSSR count). The topological polar surface area (TPSA) is 21.4 Å². The first-order chi connectivity index (χ1) is 14.8. The molecule has 0 saturated heterocycles. The van der Waals surface area contributed by atoms with Crippen molar-refractivity contribution in [2.24, 2.45) is 7.05 Å². The van der Waals surface area contributed by atoms with Crippen LogP contribution < -0.4 is 4.57 Å². The van der Waals surface area contributed by atoms with Crippen LogP contribution in [0.3, 0.4) is 0 Å². The number of furan rings is 1. The largest absolute Gasteiger partial charge is 0.466 e. The number of hydrogen-bond donors (Lipinski definition) is 0. The van der Waals surface area contributed by atoms with E-state index in [-0.39, 0.29) is 22.7 Å². The van der Waals surface area contributed by atoms with Gasteiger partial charge < -0.3 is 4.42 Å². The minimum absolute atomic E-state index is 0.146. The highest BCUT2D eigenvalue weighted by Gasteiger charge is 2.27. The lowest BCUT2D eigenvalue weighted by atomic mass is 9.86. The van der Waals surface area contributed by atoms with Crippen molar-refractivity contribution in [1.82, 2.24) is 0 Å². The van der Waals surface area contributed by atoms with Crippen LogP contribution in [-0.2, 0) is 12.5 Å². The molecule has 0 radical (unpaired) electrons. The van der Waals surface area contributed by atoms with E-state index in [0.717, 1.165) is 16.8 Å². The molecule has 0 aliphatic carbocycles. The van der Waals surface area contributed by atoms with E-state index in [9.17, 15) is 4.39 Å². The molecular formula is C25H24FN2O+. The van der Waals surface area contributed by atoms with E-state index in [1.54, 1.807) is 11.6 Å². The van der Waals surface area contributed by atoms with Gasteiger partial charge in [-0.05, 0) is 30.3 Å². The monoisotopic (exact) mass is 390 g/mol. The standard InChI is InChI=1S/C25H24FN2O/c1-14-9-11-19(27-6)24-21(14)16-10-8-15(2)22(23(16)29-24)20-12-17(25(3,4)5)18(26)13-28(20)7/h8-13H,1-5,7H3/q+1/i1D3. The number of nitrogens with zero attached hydrogens (tertiary/aromatic N) is 2. The van der Waals surface area contributed by atoms with Crippen LogP contribution in [0, 0.1) is 26.2 Å². The zero-order valence-electron chi connectivity index (χ0n) is 20.1. The predicted octanol–water partition coefficient (Wildman–Crippen LogP) is 6.68. The fraction of sp³-hybridized carbons (Fsp3) is 0.280. The van der Waals surface area contributed by atoms with E-state index in [1.807, 2.05) is 45.9 Å². The summed E-state index contributed by atoms with van der Waals surface area (Å²) in [6, 6.07) is 8.52. The Balaban J connectivity index is 2.18. The molecule has 0 atom stereocenters. The van der Waals surface area contributed by atoms with E-state index in [2.05, 4.69) is 4.85 Å². The van der Waals surface area contributed by atoms with Gasteiger partial charge in [0.1, 0.15) is 18.2 Å². The smallest absolute Gasteiger partial charge is 0.229 e. The fourth-order valence-electron chi connectivity index (χ4n) is 3.87. The lowest BCUT2D eigenvalue weighted by molar-refractivity contribution is -0.662. The molecular weight excluding hydrogens is 363 g/mol. The van der Waals surface area contributed by atoms with Gasteiger partial charge in [-0.3, -0.25) is 0 Å². The van der Waals surface area contributed by atoms with Gasteiger partial charge in [0, 0.05) is 26.5 Å². The second-order valence-corrected chi connectivity index (χ2v) is 8.47. The number of fused-ring (bicyclic) bond motifs is 3. The highest BCUT2D eigenvalue weighted by Crippen LogP contribution is 2.42. The molecule has 0 spiro atoms. The van der Waals surface area contributed by atoms with Gasteiger partial charge in [-0.1, -0.05) is 45.0 Å². The Morgan fingerprint density at radius 1 is 1.14 bits per heavy atom. The molecule has 0 bridgehead atoms. The summed E-state index contributed by atoms with van der Waals surface area (Å²) in [4.78, 5) is 3.54. The SMILES string of the molecule is [2H]C([2H])([2H])c1ccc([N+]#[C-])c2oc3c(-c4cc(C(C)(C)C)c(F)c[n+]4C)c(C)ccc3c12. The third-order valence-electron chi connectivity index (χ3n) is 5.39. The third-order valence-corrected chi connectivity index (χ3v) is 5.39. The summed E-state index contributed by atoms with van der Waals surface area (Å²) in [6.07, 6.45) is 1.45. The van der Waals surface area contributed by atoms with E-state index in [1.165, 1.54) is 18.3 Å². The lowest BCUT2D eigenvalue weighted by Crippen LogP contribution is -2.33. The van der Waals surface area contributed by atoms with Crippen LogP contribution in [0.5, 0.6) is 0 Å². The molecule has 2 heterocycles. The Hall–Kier alpha value is -3.19. The van der Waals surface area contributed by atoms with Crippen LogP contribution in [0.2, 0.25) is 0 Å². The number of aromatic nitrogens is 1. The lowest BCUT2D eigenvalue weighted by Gasteiger charge is -2.19. The van der Waals surface area contributed by atoms with Gasteiger partial charge in [0.15, 0.2) is 5.82 Å². The van der Waals surface area contributed by atoms with Crippen molar-refractivity contribution < 1.29 is 17.5 Å². The molecule has 4 aromatic rings. The maximum atomic E-state index is 14.8. The first kappa shape index (κ1) is 15.7. The number of rotatable bonds is 1. The van der Waals surface area contributed by atoms with Crippen molar-refractivity contribution in [3.05, 3.63) is 70.5 Å². The second-order valence-electron chi connectivity index (χ2n) is 8.47. The van der Waals surface area contributed by atoms with Crippen LogP contribution in [0.4, 0.5) is 10.1 Å². The van der Waals surface area contributed by atoms with Crippen molar-refractivity contribution in [3.8, 4) is 11.3 Å². The molecule has 0 aliphatic heterocycles. The predicted molar refractivity (Wildman–Crippen MR) is 115 cm³/mol. The maximum Gasteiger partial charge on any atom is 0.229 e.